The summed E-state index contributed by atoms with van der Waals surface area (Å²) in [5.41, 5.74) is 1.54. The zero-order valence-corrected chi connectivity index (χ0v) is 12.2. The molecule has 0 aromatic carbocycles. The van der Waals surface area contributed by atoms with Crippen LogP contribution in [-0.2, 0) is 9.53 Å². The lowest BCUT2D eigenvalue weighted by molar-refractivity contribution is -0.131. The van der Waals surface area contributed by atoms with Crippen LogP contribution in [0.5, 0.6) is 0 Å². The van der Waals surface area contributed by atoms with E-state index in [1.54, 1.807) is 13.2 Å². The highest BCUT2D eigenvalue weighted by atomic mass is 16.5. The zero-order chi connectivity index (χ0) is 15.2. The maximum Gasteiger partial charge on any atom is 0.328 e. The van der Waals surface area contributed by atoms with Crippen LogP contribution in [0.1, 0.15) is 12.6 Å². The molecule has 0 aliphatic heterocycles. The number of likely N-dealkylation sites (N-methyl/N-ethyl adjacent to an activating group) is 1. The van der Waals surface area contributed by atoms with E-state index in [9.17, 15) is 4.79 Å². The van der Waals surface area contributed by atoms with Gasteiger partial charge in [-0.1, -0.05) is 6.07 Å². The molecule has 0 bridgehead atoms. The van der Waals surface area contributed by atoms with Crippen LogP contribution in [-0.4, -0.2) is 47.3 Å². The Labute approximate surface area is 123 Å². The van der Waals surface area contributed by atoms with E-state index < -0.39 is 5.97 Å². The molecule has 21 heavy (non-hydrogen) atoms. The summed E-state index contributed by atoms with van der Waals surface area (Å²) < 4.78 is 7.00. The maximum absolute atomic E-state index is 10.8. The van der Waals surface area contributed by atoms with E-state index in [4.69, 9.17) is 9.84 Å². The second-order valence-electron chi connectivity index (χ2n) is 4.49. The summed E-state index contributed by atoms with van der Waals surface area (Å²) in [5.74, 6) is -0.218. The standard InChI is InChI=1S/C15H19N3O3/c1-3-17(10-11-21-2)15-12(7-8-14(19)20)18-9-5-4-6-13(18)16-15/h4-9H,3,10-11H2,1-2H3,(H,19,20). The van der Waals surface area contributed by atoms with Gasteiger partial charge in [-0.3, -0.25) is 4.40 Å². The van der Waals surface area contributed by atoms with Gasteiger partial charge in [-0.15, -0.1) is 0 Å². The third kappa shape index (κ3) is 3.41. The van der Waals surface area contributed by atoms with Crippen molar-refractivity contribution < 1.29 is 14.6 Å². The topological polar surface area (TPSA) is 67.1 Å². The molecule has 0 saturated carbocycles. The van der Waals surface area contributed by atoms with Crippen molar-refractivity contribution >= 4 is 23.5 Å². The Kier molecular flexibility index (Phi) is 4.94. The molecule has 0 aliphatic carbocycles. The number of carbonyl (C=O) groups is 1. The largest absolute Gasteiger partial charge is 0.478 e. The second-order valence-corrected chi connectivity index (χ2v) is 4.49. The first-order valence-corrected chi connectivity index (χ1v) is 6.79. The molecule has 6 heteroatoms. The minimum absolute atomic E-state index is 0.587. The Balaban J connectivity index is 2.49. The fourth-order valence-corrected chi connectivity index (χ4v) is 2.16. The molecular weight excluding hydrogens is 270 g/mol. The molecule has 0 fully saturated rings. The first kappa shape index (κ1) is 15.1. The van der Waals surface area contributed by atoms with Crippen LogP contribution in [0.2, 0.25) is 0 Å². The fraction of sp³-hybridized carbons (Fsp3) is 0.333. The molecule has 112 valence electrons. The molecule has 2 heterocycles. The molecule has 6 nitrogen and oxygen atoms in total. The van der Waals surface area contributed by atoms with Gasteiger partial charge in [0.15, 0.2) is 5.82 Å². The molecule has 2 aromatic rings. The molecule has 1 N–H and O–H groups in total. The molecule has 0 unspecified atom stereocenters. The van der Waals surface area contributed by atoms with Crippen LogP contribution in [0.15, 0.2) is 30.5 Å². The molecular formula is C15H19N3O3. The van der Waals surface area contributed by atoms with Crippen LogP contribution in [0.25, 0.3) is 11.7 Å². The Hall–Kier alpha value is -2.34. The van der Waals surface area contributed by atoms with Crippen molar-refractivity contribution in [1.29, 1.82) is 0 Å². The first-order valence-electron chi connectivity index (χ1n) is 6.79. The molecule has 2 rings (SSSR count). The average Bonchev–Trinajstić information content (AvgIpc) is 2.84. The predicted octanol–water partition coefficient (Wildman–Crippen LogP) is 1.90. The van der Waals surface area contributed by atoms with E-state index >= 15 is 0 Å². The van der Waals surface area contributed by atoms with Gasteiger partial charge in [0.1, 0.15) is 5.65 Å². The van der Waals surface area contributed by atoms with Gasteiger partial charge in [0.2, 0.25) is 0 Å². The monoisotopic (exact) mass is 289 g/mol. The summed E-state index contributed by atoms with van der Waals surface area (Å²) >= 11 is 0. The van der Waals surface area contributed by atoms with Crippen molar-refractivity contribution in [2.24, 2.45) is 0 Å². The minimum Gasteiger partial charge on any atom is -0.478 e. The van der Waals surface area contributed by atoms with Crippen molar-refractivity contribution in [2.45, 2.75) is 6.92 Å². The Morgan fingerprint density at radius 2 is 2.33 bits per heavy atom. The van der Waals surface area contributed by atoms with Gasteiger partial charge in [0, 0.05) is 32.5 Å². The zero-order valence-electron chi connectivity index (χ0n) is 12.2. The Morgan fingerprint density at radius 1 is 1.52 bits per heavy atom. The number of fused-ring (bicyclic) bond motifs is 1. The van der Waals surface area contributed by atoms with Gasteiger partial charge < -0.3 is 14.7 Å². The first-order chi connectivity index (χ1) is 10.2. The van der Waals surface area contributed by atoms with Gasteiger partial charge in [-0.05, 0) is 25.1 Å². The van der Waals surface area contributed by atoms with E-state index in [1.165, 1.54) is 0 Å². The Morgan fingerprint density at radius 3 is 3.00 bits per heavy atom. The van der Waals surface area contributed by atoms with E-state index in [0.29, 0.717) is 13.2 Å². The lowest BCUT2D eigenvalue weighted by Gasteiger charge is -2.20. The quantitative estimate of drug-likeness (QED) is 0.789. The number of imidazole rings is 1. The number of nitrogens with zero attached hydrogens (tertiary/aromatic N) is 3. The van der Waals surface area contributed by atoms with Crippen molar-refractivity contribution in [1.82, 2.24) is 9.38 Å². The van der Waals surface area contributed by atoms with Gasteiger partial charge >= 0.3 is 5.97 Å². The fourth-order valence-electron chi connectivity index (χ4n) is 2.16. The SMILES string of the molecule is CCN(CCOC)c1nc2ccccn2c1C=CC(=O)O. The van der Waals surface area contributed by atoms with E-state index in [0.717, 1.165) is 29.8 Å². The third-order valence-corrected chi connectivity index (χ3v) is 3.18. The molecule has 2 aromatic heterocycles. The molecule has 0 saturated heterocycles. The number of hydrogen-bond donors (Lipinski definition) is 1. The van der Waals surface area contributed by atoms with E-state index in [1.807, 2.05) is 35.7 Å². The van der Waals surface area contributed by atoms with Crippen LogP contribution >= 0.6 is 0 Å². The van der Waals surface area contributed by atoms with Crippen LogP contribution in [0.4, 0.5) is 5.82 Å². The summed E-state index contributed by atoms with van der Waals surface area (Å²) in [6, 6.07) is 5.69. The van der Waals surface area contributed by atoms with E-state index in [-0.39, 0.29) is 0 Å². The molecule has 0 spiro atoms. The number of rotatable bonds is 7. The van der Waals surface area contributed by atoms with Crippen molar-refractivity contribution in [2.75, 3.05) is 31.7 Å². The molecule has 0 aliphatic rings. The van der Waals surface area contributed by atoms with Crippen LogP contribution < -0.4 is 4.90 Å². The van der Waals surface area contributed by atoms with Crippen molar-refractivity contribution in [3.8, 4) is 0 Å². The Bertz CT molecular complexity index is 649. The minimum atomic E-state index is -0.980. The summed E-state index contributed by atoms with van der Waals surface area (Å²) in [6.07, 6.45) is 4.58. The lowest BCUT2D eigenvalue weighted by Crippen LogP contribution is -2.27. The van der Waals surface area contributed by atoms with Gasteiger partial charge in [0.05, 0.1) is 12.3 Å². The number of aliphatic carboxylic acids is 1. The number of pyridine rings is 1. The van der Waals surface area contributed by atoms with Crippen molar-refractivity contribution in [3.05, 3.63) is 36.2 Å². The summed E-state index contributed by atoms with van der Waals surface area (Å²) in [5, 5.41) is 8.86. The number of carboxylic acids is 1. The molecule has 0 amide bonds. The normalized spacial score (nSPS) is 11.3. The number of methoxy groups -OCH3 is 1. The maximum atomic E-state index is 10.8. The van der Waals surface area contributed by atoms with Gasteiger partial charge in [-0.25, -0.2) is 9.78 Å². The van der Waals surface area contributed by atoms with Gasteiger partial charge in [0.25, 0.3) is 0 Å². The second kappa shape index (κ2) is 6.90. The summed E-state index contributed by atoms with van der Waals surface area (Å²) in [4.78, 5) is 17.5. The molecule has 0 atom stereocenters. The average molecular weight is 289 g/mol. The predicted molar refractivity (Wildman–Crippen MR) is 81.6 cm³/mol. The lowest BCUT2D eigenvalue weighted by atomic mass is 10.3. The summed E-state index contributed by atoms with van der Waals surface area (Å²) in [7, 11) is 1.66. The number of aromatic nitrogens is 2. The summed E-state index contributed by atoms with van der Waals surface area (Å²) in [6.45, 7) is 4.08. The van der Waals surface area contributed by atoms with Crippen molar-refractivity contribution in [3.63, 3.8) is 0 Å². The van der Waals surface area contributed by atoms with Crippen LogP contribution in [0, 0.1) is 0 Å². The van der Waals surface area contributed by atoms with Crippen LogP contribution in [0.3, 0.4) is 0 Å². The smallest absolute Gasteiger partial charge is 0.328 e. The highest BCUT2D eigenvalue weighted by molar-refractivity contribution is 5.86. The number of carboxylic acid groups (broad SMARTS) is 1. The number of hydrogen-bond acceptors (Lipinski definition) is 4. The van der Waals surface area contributed by atoms with E-state index in [2.05, 4.69) is 9.88 Å². The number of ether oxygens (including phenoxy) is 1. The van der Waals surface area contributed by atoms with Gasteiger partial charge in [-0.2, -0.15) is 0 Å². The highest BCUT2D eigenvalue weighted by Gasteiger charge is 2.15. The molecule has 0 radical (unpaired) electrons. The number of anilines is 1. The highest BCUT2D eigenvalue weighted by Crippen LogP contribution is 2.23. The third-order valence-electron chi connectivity index (χ3n) is 3.18.